The van der Waals surface area contributed by atoms with Gasteiger partial charge in [0.15, 0.2) is 0 Å². The van der Waals surface area contributed by atoms with E-state index in [0.29, 0.717) is 18.4 Å². The largest absolute Gasteiger partial charge is 0.480 e. The predicted molar refractivity (Wildman–Crippen MR) is 110 cm³/mol. The lowest BCUT2D eigenvalue weighted by Gasteiger charge is -2.20. The Morgan fingerprint density at radius 3 is 2.76 bits per heavy atom. The Balaban J connectivity index is 1.41. The van der Waals surface area contributed by atoms with E-state index in [2.05, 4.69) is 10.4 Å². The standard InChI is InChI=1S/C22H25FN4O2/c1-13(15-6-2-4-8-17(15)23)10-20(24)26-27-19(21(27)22(28)29)11-14-12-25-18-9-5-3-7-16(14)18/h2-9,12-13,19-21,25-26H,10-11,24H2,1H3,(H,28,29)/t13?,19-,20?,21-,27?/m0/s1. The van der Waals surface area contributed by atoms with Crippen LogP contribution < -0.4 is 11.2 Å². The molecular weight excluding hydrogens is 371 g/mol. The van der Waals surface area contributed by atoms with Crippen molar-refractivity contribution in [2.24, 2.45) is 5.73 Å². The van der Waals surface area contributed by atoms with Crippen molar-refractivity contribution < 1.29 is 14.3 Å². The molecule has 0 amide bonds. The van der Waals surface area contributed by atoms with Crippen molar-refractivity contribution in [1.29, 1.82) is 0 Å². The summed E-state index contributed by atoms with van der Waals surface area (Å²) in [5.74, 6) is -1.22. The third kappa shape index (κ3) is 4.03. The number of halogens is 1. The number of H-pyrrole nitrogens is 1. The van der Waals surface area contributed by atoms with Crippen molar-refractivity contribution in [3.63, 3.8) is 0 Å². The van der Waals surface area contributed by atoms with Gasteiger partial charge in [-0.25, -0.2) is 14.8 Å². The molecule has 2 heterocycles. The van der Waals surface area contributed by atoms with Crippen molar-refractivity contribution in [1.82, 2.24) is 15.4 Å². The molecule has 1 aliphatic heterocycles. The number of para-hydroxylation sites is 1. The summed E-state index contributed by atoms with van der Waals surface area (Å²) in [6, 6.07) is 13.8. The molecule has 0 aliphatic carbocycles. The lowest BCUT2D eigenvalue weighted by atomic mass is 9.96. The van der Waals surface area contributed by atoms with E-state index >= 15 is 0 Å². The van der Waals surface area contributed by atoms with Gasteiger partial charge in [-0.15, -0.1) is 0 Å². The van der Waals surface area contributed by atoms with Gasteiger partial charge in [0.05, 0.1) is 12.2 Å². The van der Waals surface area contributed by atoms with Crippen LogP contribution in [0.1, 0.15) is 30.4 Å². The highest BCUT2D eigenvalue weighted by molar-refractivity contribution is 5.84. The fourth-order valence-electron chi connectivity index (χ4n) is 4.10. The quantitative estimate of drug-likeness (QED) is 0.347. The maximum Gasteiger partial charge on any atom is 0.324 e. The van der Waals surface area contributed by atoms with Crippen LogP contribution in [0.4, 0.5) is 4.39 Å². The zero-order valence-electron chi connectivity index (χ0n) is 16.2. The van der Waals surface area contributed by atoms with Crippen molar-refractivity contribution in [3.05, 3.63) is 71.7 Å². The topological polar surface area (TPSA) is 94.2 Å². The maximum absolute atomic E-state index is 14.0. The molecule has 7 heteroatoms. The lowest BCUT2D eigenvalue weighted by molar-refractivity contribution is -0.137. The minimum absolute atomic E-state index is 0.0889. The third-order valence-electron chi connectivity index (χ3n) is 5.65. The number of nitrogens with zero attached hydrogens (tertiary/aromatic N) is 1. The first kappa shape index (κ1) is 19.6. The van der Waals surface area contributed by atoms with Crippen LogP contribution in [-0.2, 0) is 11.2 Å². The Morgan fingerprint density at radius 2 is 2.00 bits per heavy atom. The van der Waals surface area contributed by atoms with Gasteiger partial charge in [-0.1, -0.05) is 43.3 Å². The summed E-state index contributed by atoms with van der Waals surface area (Å²) in [5, 5.41) is 12.4. The number of hydrogen-bond acceptors (Lipinski definition) is 4. The van der Waals surface area contributed by atoms with Gasteiger partial charge in [-0.05, 0) is 42.0 Å². The fraction of sp³-hybridized carbons (Fsp3) is 0.318. The van der Waals surface area contributed by atoms with Crippen LogP contribution in [-0.4, -0.2) is 39.3 Å². The summed E-state index contributed by atoms with van der Waals surface area (Å²) in [4.78, 5) is 14.9. The van der Waals surface area contributed by atoms with Crippen molar-refractivity contribution in [2.45, 2.75) is 43.9 Å². The molecule has 0 saturated carbocycles. The first-order valence-corrected chi connectivity index (χ1v) is 9.78. The molecule has 3 aromatic rings. The molecule has 4 rings (SSSR count). The SMILES string of the molecule is CC(CC(N)NN1[C@H](C(=O)O)[C@@H]1Cc1c[nH]c2ccccc12)c1ccccc1F. The highest BCUT2D eigenvalue weighted by atomic mass is 19.1. The molecule has 1 fully saturated rings. The molecular formula is C22H25FN4O2. The number of fused-ring (bicyclic) bond motifs is 1. The van der Waals surface area contributed by atoms with Crippen LogP contribution in [0, 0.1) is 5.82 Å². The summed E-state index contributed by atoms with van der Waals surface area (Å²) >= 11 is 0. The third-order valence-corrected chi connectivity index (χ3v) is 5.65. The van der Waals surface area contributed by atoms with E-state index in [0.717, 1.165) is 16.5 Å². The summed E-state index contributed by atoms with van der Waals surface area (Å²) < 4.78 is 14.0. The van der Waals surface area contributed by atoms with Crippen molar-refractivity contribution in [2.75, 3.05) is 0 Å². The number of aliphatic carboxylic acids is 1. The molecule has 0 radical (unpaired) electrons. The van der Waals surface area contributed by atoms with E-state index in [9.17, 15) is 14.3 Å². The number of benzene rings is 2. The molecule has 0 spiro atoms. The van der Waals surface area contributed by atoms with Gasteiger partial charge in [0.1, 0.15) is 11.9 Å². The first-order chi connectivity index (χ1) is 14.0. The van der Waals surface area contributed by atoms with Crippen molar-refractivity contribution >= 4 is 16.9 Å². The number of nitrogens with two attached hydrogens (primary N) is 1. The Bertz CT molecular complexity index is 1020. The number of hydrogen-bond donors (Lipinski definition) is 4. The number of carbonyl (C=O) groups is 1. The normalized spacial score (nSPS) is 23.1. The van der Waals surface area contributed by atoms with Gasteiger partial charge in [-0.2, -0.15) is 0 Å². The second kappa shape index (κ2) is 7.94. The number of carboxylic acids is 1. The monoisotopic (exact) mass is 396 g/mol. The molecule has 1 saturated heterocycles. The number of nitrogens with one attached hydrogen (secondary N) is 2. The number of carboxylic acid groups (broad SMARTS) is 1. The van der Waals surface area contributed by atoms with Gasteiger partial charge in [-0.3, -0.25) is 4.79 Å². The molecule has 6 nitrogen and oxygen atoms in total. The molecule has 5 atom stereocenters. The van der Waals surface area contributed by atoms with Gasteiger partial charge in [0, 0.05) is 17.1 Å². The lowest BCUT2D eigenvalue weighted by Crippen LogP contribution is -2.43. The molecule has 0 bridgehead atoms. The Labute approximate surface area is 168 Å². The number of hydrazine groups is 1. The second-order valence-corrected chi connectivity index (χ2v) is 7.72. The van der Waals surface area contributed by atoms with E-state index in [4.69, 9.17) is 5.73 Å². The van der Waals surface area contributed by atoms with E-state index in [1.54, 1.807) is 23.2 Å². The highest BCUT2D eigenvalue weighted by Gasteiger charge is 2.53. The summed E-state index contributed by atoms with van der Waals surface area (Å²) in [6.07, 6.45) is 2.55. The van der Waals surface area contributed by atoms with E-state index in [1.807, 2.05) is 37.4 Å². The zero-order valence-corrected chi connectivity index (χ0v) is 16.2. The van der Waals surface area contributed by atoms with Crippen LogP contribution in [0.2, 0.25) is 0 Å². The van der Waals surface area contributed by atoms with Crippen LogP contribution in [0.5, 0.6) is 0 Å². The average Bonchev–Trinajstić information content (AvgIpc) is 3.20. The summed E-state index contributed by atoms with van der Waals surface area (Å²) in [7, 11) is 0. The van der Waals surface area contributed by atoms with Crippen LogP contribution in [0.25, 0.3) is 10.9 Å². The molecule has 29 heavy (non-hydrogen) atoms. The van der Waals surface area contributed by atoms with Gasteiger partial charge in [0.25, 0.3) is 0 Å². The summed E-state index contributed by atoms with van der Waals surface area (Å²) in [6.45, 7) is 1.92. The zero-order chi connectivity index (χ0) is 20.5. The Morgan fingerprint density at radius 1 is 1.28 bits per heavy atom. The van der Waals surface area contributed by atoms with Crippen molar-refractivity contribution in [3.8, 4) is 0 Å². The number of aromatic amines is 1. The minimum Gasteiger partial charge on any atom is -0.480 e. The van der Waals surface area contributed by atoms with E-state index in [1.165, 1.54) is 6.07 Å². The molecule has 2 aromatic carbocycles. The van der Waals surface area contributed by atoms with E-state index < -0.39 is 18.2 Å². The van der Waals surface area contributed by atoms with Gasteiger partial charge < -0.3 is 15.8 Å². The van der Waals surface area contributed by atoms with Gasteiger partial charge >= 0.3 is 5.97 Å². The van der Waals surface area contributed by atoms with Gasteiger partial charge in [0.2, 0.25) is 0 Å². The van der Waals surface area contributed by atoms with Crippen LogP contribution in [0.15, 0.2) is 54.7 Å². The number of aromatic nitrogens is 1. The molecule has 1 aromatic heterocycles. The molecule has 152 valence electrons. The molecule has 3 unspecified atom stereocenters. The molecule has 1 aliphatic rings. The van der Waals surface area contributed by atoms with Crippen LogP contribution in [0.3, 0.4) is 0 Å². The predicted octanol–water partition coefficient (Wildman–Crippen LogP) is 2.97. The maximum atomic E-state index is 14.0. The Hall–Kier alpha value is -2.74. The molecule has 5 N–H and O–H groups in total. The van der Waals surface area contributed by atoms with Crippen LogP contribution >= 0.6 is 0 Å². The minimum atomic E-state index is -0.878. The highest BCUT2D eigenvalue weighted by Crippen LogP contribution is 2.32. The smallest absolute Gasteiger partial charge is 0.324 e. The average molecular weight is 396 g/mol. The first-order valence-electron chi connectivity index (χ1n) is 9.78. The number of rotatable bonds is 8. The second-order valence-electron chi connectivity index (χ2n) is 7.72. The Kier molecular flexibility index (Phi) is 5.36. The fourth-order valence-corrected chi connectivity index (χ4v) is 4.10. The van der Waals surface area contributed by atoms with E-state index in [-0.39, 0.29) is 17.8 Å². The summed E-state index contributed by atoms with van der Waals surface area (Å²) in [5.41, 5.74) is 12.1.